The van der Waals surface area contributed by atoms with Gasteiger partial charge >= 0.3 is 0 Å². The Labute approximate surface area is 116 Å². The van der Waals surface area contributed by atoms with Gasteiger partial charge in [-0.05, 0) is 12.5 Å². The SMILES string of the molecule is Cc1nn(C)c2c1C(c1ccccc1)SCC(=O)N2. The van der Waals surface area contributed by atoms with Crippen LogP contribution in [0.15, 0.2) is 30.3 Å². The average Bonchev–Trinajstić information content (AvgIpc) is 2.60. The van der Waals surface area contributed by atoms with Crippen molar-refractivity contribution in [1.82, 2.24) is 9.78 Å². The summed E-state index contributed by atoms with van der Waals surface area (Å²) in [4.78, 5) is 11.8. The summed E-state index contributed by atoms with van der Waals surface area (Å²) in [5.74, 6) is 1.32. The molecule has 0 saturated heterocycles. The molecule has 19 heavy (non-hydrogen) atoms. The summed E-state index contributed by atoms with van der Waals surface area (Å²) < 4.78 is 1.75. The third-order valence-corrected chi connectivity index (χ3v) is 4.54. The fourth-order valence-electron chi connectivity index (χ4n) is 2.44. The number of aromatic nitrogens is 2. The highest BCUT2D eigenvalue weighted by Gasteiger charge is 2.28. The molecule has 1 aromatic carbocycles. The first-order valence-electron chi connectivity index (χ1n) is 6.16. The van der Waals surface area contributed by atoms with Gasteiger partial charge in [0.15, 0.2) is 0 Å². The lowest BCUT2D eigenvalue weighted by molar-refractivity contribution is -0.113. The molecule has 98 valence electrons. The van der Waals surface area contributed by atoms with E-state index in [4.69, 9.17) is 0 Å². The van der Waals surface area contributed by atoms with E-state index in [1.807, 2.05) is 32.2 Å². The fraction of sp³-hybridized carbons (Fsp3) is 0.286. The monoisotopic (exact) mass is 273 g/mol. The zero-order valence-corrected chi connectivity index (χ0v) is 11.7. The van der Waals surface area contributed by atoms with Crippen molar-refractivity contribution >= 4 is 23.5 Å². The number of nitrogens with one attached hydrogen (secondary N) is 1. The number of amides is 1. The first-order valence-corrected chi connectivity index (χ1v) is 7.21. The molecule has 4 nitrogen and oxygen atoms in total. The number of fused-ring (bicyclic) bond motifs is 1. The van der Waals surface area contributed by atoms with Gasteiger partial charge in [-0.1, -0.05) is 30.3 Å². The van der Waals surface area contributed by atoms with Gasteiger partial charge in [0.1, 0.15) is 5.82 Å². The highest BCUT2D eigenvalue weighted by molar-refractivity contribution is 8.00. The second-order valence-corrected chi connectivity index (χ2v) is 5.71. The minimum absolute atomic E-state index is 0.0349. The zero-order chi connectivity index (χ0) is 13.4. The fourth-order valence-corrected chi connectivity index (χ4v) is 3.63. The Morgan fingerprint density at radius 3 is 2.84 bits per heavy atom. The van der Waals surface area contributed by atoms with Crippen molar-refractivity contribution < 1.29 is 4.79 Å². The average molecular weight is 273 g/mol. The molecule has 1 amide bonds. The van der Waals surface area contributed by atoms with E-state index in [1.165, 1.54) is 5.56 Å². The molecule has 1 atom stereocenters. The quantitative estimate of drug-likeness (QED) is 0.868. The van der Waals surface area contributed by atoms with Crippen LogP contribution in [0.25, 0.3) is 0 Å². The molecule has 5 heteroatoms. The molecule has 0 saturated carbocycles. The van der Waals surface area contributed by atoms with Crippen molar-refractivity contribution in [2.24, 2.45) is 7.05 Å². The smallest absolute Gasteiger partial charge is 0.235 e. The van der Waals surface area contributed by atoms with Crippen LogP contribution in [0.4, 0.5) is 5.82 Å². The lowest BCUT2D eigenvalue weighted by atomic mass is 10.0. The van der Waals surface area contributed by atoms with Crippen molar-refractivity contribution in [1.29, 1.82) is 0 Å². The zero-order valence-electron chi connectivity index (χ0n) is 10.9. The maximum atomic E-state index is 11.8. The van der Waals surface area contributed by atoms with E-state index in [2.05, 4.69) is 22.5 Å². The molecule has 1 aliphatic rings. The lowest BCUT2D eigenvalue weighted by Crippen LogP contribution is -2.15. The van der Waals surface area contributed by atoms with Gasteiger partial charge in [-0.25, -0.2) is 0 Å². The minimum atomic E-state index is 0.0349. The summed E-state index contributed by atoms with van der Waals surface area (Å²) in [6, 6.07) is 10.3. The largest absolute Gasteiger partial charge is 0.310 e. The Balaban J connectivity index is 2.15. The Bertz CT molecular complexity index is 621. The number of rotatable bonds is 1. The van der Waals surface area contributed by atoms with E-state index in [9.17, 15) is 4.79 Å². The third-order valence-electron chi connectivity index (χ3n) is 3.27. The summed E-state index contributed by atoms with van der Waals surface area (Å²) in [6.45, 7) is 1.99. The predicted molar refractivity (Wildman–Crippen MR) is 77.3 cm³/mol. The molecule has 1 aromatic heterocycles. The van der Waals surface area contributed by atoms with Gasteiger partial charge in [0.25, 0.3) is 0 Å². The number of aryl methyl sites for hydroxylation is 2. The number of carbonyl (C=O) groups excluding carboxylic acids is 1. The molecule has 3 rings (SSSR count). The van der Waals surface area contributed by atoms with E-state index < -0.39 is 0 Å². The Morgan fingerprint density at radius 1 is 1.37 bits per heavy atom. The second kappa shape index (κ2) is 4.74. The van der Waals surface area contributed by atoms with E-state index in [0.717, 1.165) is 17.1 Å². The van der Waals surface area contributed by atoms with Crippen LogP contribution in [0.2, 0.25) is 0 Å². The van der Waals surface area contributed by atoms with Gasteiger partial charge in [-0.3, -0.25) is 9.48 Å². The first kappa shape index (κ1) is 12.3. The molecule has 2 heterocycles. The van der Waals surface area contributed by atoms with Crippen LogP contribution in [0.5, 0.6) is 0 Å². The van der Waals surface area contributed by atoms with Gasteiger partial charge in [0.05, 0.1) is 16.7 Å². The summed E-state index contributed by atoms with van der Waals surface area (Å²) in [7, 11) is 1.87. The van der Waals surface area contributed by atoms with Crippen molar-refractivity contribution in [3.05, 3.63) is 47.2 Å². The molecule has 2 aromatic rings. The molecule has 0 aliphatic carbocycles. The lowest BCUT2D eigenvalue weighted by Gasteiger charge is -2.14. The molecule has 1 aliphatic heterocycles. The summed E-state index contributed by atoms with van der Waals surface area (Å²) >= 11 is 1.65. The summed E-state index contributed by atoms with van der Waals surface area (Å²) in [6.07, 6.45) is 0. The van der Waals surface area contributed by atoms with Crippen LogP contribution in [-0.2, 0) is 11.8 Å². The summed E-state index contributed by atoms with van der Waals surface area (Å²) in [5.41, 5.74) is 3.30. The highest BCUT2D eigenvalue weighted by Crippen LogP contribution is 2.42. The second-order valence-electron chi connectivity index (χ2n) is 4.62. The number of carbonyl (C=O) groups is 1. The van der Waals surface area contributed by atoms with Gasteiger partial charge in [-0.2, -0.15) is 5.10 Å². The van der Waals surface area contributed by atoms with E-state index in [-0.39, 0.29) is 11.2 Å². The van der Waals surface area contributed by atoms with Gasteiger partial charge in [0.2, 0.25) is 5.91 Å². The Kier molecular flexibility index (Phi) is 3.06. The molecular formula is C14H15N3OS. The normalized spacial score (nSPS) is 18.6. The Hall–Kier alpha value is -1.75. The van der Waals surface area contributed by atoms with E-state index in [1.54, 1.807) is 16.4 Å². The van der Waals surface area contributed by atoms with Crippen molar-refractivity contribution in [2.75, 3.05) is 11.1 Å². The molecule has 0 bridgehead atoms. The van der Waals surface area contributed by atoms with Crippen LogP contribution >= 0.6 is 11.8 Å². The van der Waals surface area contributed by atoms with Crippen LogP contribution in [0, 0.1) is 6.92 Å². The molecule has 0 spiro atoms. The van der Waals surface area contributed by atoms with E-state index in [0.29, 0.717) is 5.75 Å². The molecule has 1 unspecified atom stereocenters. The van der Waals surface area contributed by atoms with Gasteiger partial charge in [-0.15, -0.1) is 11.8 Å². The maximum absolute atomic E-state index is 11.8. The molecular weight excluding hydrogens is 258 g/mol. The minimum Gasteiger partial charge on any atom is -0.310 e. The van der Waals surface area contributed by atoms with Gasteiger partial charge < -0.3 is 5.32 Å². The third kappa shape index (κ3) is 2.14. The van der Waals surface area contributed by atoms with Gasteiger partial charge in [0, 0.05) is 12.6 Å². The number of anilines is 1. The van der Waals surface area contributed by atoms with Crippen LogP contribution in [-0.4, -0.2) is 21.4 Å². The Morgan fingerprint density at radius 2 is 2.11 bits per heavy atom. The van der Waals surface area contributed by atoms with Crippen molar-refractivity contribution in [2.45, 2.75) is 12.2 Å². The first-order chi connectivity index (χ1) is 9.16. The number of benzene rings is 1. The summed E-state index contributed by atoms with van der Waals surface area (Å²) in [5, 5.41) is 7.54. The number of hydrogen-bond acceptors (Lipinski definition) is 3. The van der Waals surface area contributed by atoms with Crippen LogP contribution < -0.4 is 5.32 Å². The highest BCUT2D eigenvalue weighted by atomic mass is 32.2. The molecule has 1 N–H and O–H groups in total. The number of hydrogen-bond donors (Lipinski definition) is 1. The maximum Gasteiger partial charge on any atom is 0.235 e. The van der Waals surface area contributed by atoms with E-state index >= 15 is 0 Å². The molecule has 0 radical (unpaired) electrons. The van der Waals surface area contributed by atoms with Crippen LogP contribution in [0.3, 0.4) is 0 Å². The van der Waals surface area contributed by atoms with Crippen LogP contribution in [0.1, 0.15) is 22.1 Å². The number of thioether (sulfide) groups is 1. The standard InChI is InChI=1S/C14H15N3OS/c1-9-12-13(10-6-4-3-5-7-10)19-8-11(18)15-14(12)17(2)16-9/h3-7,13H,8H2,1-2H3,(H,15,18). The van der Waals surface area contributed by atoms with Crippen molar-refractivity contribution in [3.63, 3.8) is 0 Å². The van der Waals surface area contributed by atoms with Crippen molar-refractivity contribution in [3.8, 4) is 0 Å². The number of nitrogens with zero attached hydrogens (tertiary/aromatic N) is 2. The molecule has 0 fully saturated rings. The predicted octanol–water partition coefficient (Wildman–Crippen LogP) is 2.50. The topological polar surface area (TPSA) is 46.9 Å².